The van der Waals surface area contributed by atoms with E-state index in [1.807, 2.05) is 59.2 Å². The van der Waals surface area contributed by atoms with Crippen LogP contribution in [0.4, 0.5) is 5.82 Å². The Morgan fingerprint density at radius 3 is 2.62 bits per heavy atom. The standard InChI is InChI=1S/C20H16BrN5O2S/c1-13-11-17(25-28-13)22-18(27)12-29-20-24-23-19(15-9-5-6-10-16(15)21)26(20)14-7-3-2-4-8-14/h2-11H,12H2,1H3,(H,22,25,27). The van der Waals surface area contributed by atoms with Crippen molar-refractivity contribution in [3.05, 3.63) is 70.9 Å². The number of para-hydroxylation sites is 1. The molecule has 0 fully saturated rings. The second-order valence-corrected chi connectivity index (χ2v) is 7.91. The summed E-state index contributed by atoms with van der Waals surface area (Å²) in [4.78, 5) is 12.3. The van der Waals surface area contributed by atoms with E-state index in [1.54, 1.807) is 13.0 Å². The molecule has 146 valence electrons. The number of thioether (sulfide) groups is 1. The zero-order chi connectivity index (χ0) is 20.2. The van der Waals surface area contributed by atoms with Gasteiger partial charge in [0.05, 0.1) is 5.75 Å². The zero-order valence-electron chi connectivity index (χ0n) is 15.4. The Hall–Kier alpha value is -2.91. The van der Waals surface area contributed by atoms with Crippen LogP contribution in [0, 0.1) is 6.92 Å². The molecular formula is C20H16BrN5O2S. The third-order valence-electron chi connectivity index (χ3n) is 3.99. The average molecular weight is 470 g/mol. The van der Waals surface area contributed by atoms with Crippen LogP contribution in [-0.4, -0.2) is 31.6 Å². The molecular weight excluding hydrogens is 454 g/mol. The monoisotopic (exact) mass is 469 g/mol. The number of rotatable bonds is 6. The van der Waals surface area contributed by atoms with Gasteiger partial charge in [-0.15, -0.1) is 10.2 Å². The van der Waals surface area contributed by atoms with E-state index in [2.05, 4.69) is 36.6 Å². The summed E-state index contributed by atoms with van der Waals surface area (Å²) in [5.74, 6) is 1.68. The lowest BCUT2D eigenvalue weighted by Crippen LogP contribution is -2.14. The number of halogens is 1. The molecule has 0 aliphatic rings. The van der Waals surface area contributed by atoms with Crippen LogP contribution in [0.2, 0.25) is 0 Å². The number of aryl methyl sites for hydroxylation is 1. The van der Waals surface area contributed by atoms with Crippen molar-refractivity contribution < 1.29 is 9.32 Å². The maximum Gasteiger partial charge on any atom is 0.236 e. The molecule has 0 unspecified atom stereocenters. The van der Waals surface area contributed by atoms with Gasteiger partial charge in [0.15, 0.2) is 16.8 Å². The summed E-state index contributed by atoms with van der Waals surface area (Å²) in [5.41, 5.74) is 1.83. The van der Waals surface area contributed by atoms with Crippen molar-refractivity contribution in [2.24, 2.45) is 0 Å². The van der Waals surface area contributed by atoms with E-state index in [4.69, 9.17) is 4.52 Å². The van der Waals surface area contributed by atoms with Crippen molar-refractivity contribution >= 4 is 39.4 Å². The third-order valence-corrected chi connectivity index (χ3v) is 5.61. The van der Waals surface area contributed by atoms with Crippen molar-refractivity contribution in [3.8, 4) is 17.1 Å². The van der Waals surface area contributed by atoms with E-state index in [0.29, 0.717) is 22.6 Å². The topological polar surface area (TPSA) is 85.8 Å². The number of aromatic nitrogens is 4. The van der Waals surface area contributed by atoms with Crippen molar-refractivity contribution in [2.45, 2.75) is 12.1 Å². The molecule has 29 heavy (non-hydrogen) atoms. The molecule has 2 aromatic heterocycles. The predicted octanol–water partition coefficient (Wildman–Crippen LogP) is 4.72. The van der Waals surface area contributed by atoms with Gasteiger partial charge in [0, 0.05) is 21.8 Å². The summed E-state index contributed by atoms with van der Waals surface area (Å²) in [7, 11) is 0. The quantitative estimate of drug-likeness (QED) is 0.411. The van der Waals surface area contributed by atoms with E-state index >= 15 is 0 Å². The van der Waals surface area contributed by atoms with Crippen LogP contribution in [0.5, 0.6) is 0 Å². The minimum atomic E-state index is -0.201. The zero-order valence-corrected chi connectivity index (χ0v) is 17.8. The Morgan fingerprint density at radius 2 is 1.90 bits per heavy atom. The first-order valence-corrected chi connectivity index (χ1v) is 10.5. The van der Waals surface area contributed by atoms with Gasteiger partial charge in [0.2, 0.25) is 5.91 Å². The Bertz CT molecular complexity index is 1140. The van der Waals surface area contributed by atoms with Crippen molar-refractivity contribution in [2.75, 3.05) is 11.1 Å². The van der Waals surface area contributed by atoms with Gasteiger partial charge in [-0.25, -0.2) is 0 Å². The molecule has 0 saturated carbocycles. The smallest absolute Gasteiger partial charge is 0.236 e. The van der Waals surface area contributed by atoms with Crippen LogP contribution in [0.15, 0.2) is 74.8 Å². The molecule has 7 nitrogen and oxygen atoms in total. The van der Waals surface area contributed by atoms with Crippen molar-refractivity contribution in [1.82, 2.24) is 19.9 Å². The lowest BCUT2D eigenvalue weighted by molar-refractivity contribution is -0.113. The summed E-state index contributed by atoms with van der Waals surface area (Å²) >= 11 is 4.88. The van der Waals surface area contributed by atoms with E-state index in [9.17, 15) is 4.79 Å². The van der Waals surface area contributed by atoms with Crippen LogP contribution in [0.3, 0.4) is 0 Å². The maximum atomic E-state index is 12.3. The number of hydrogen-bond acceptors (Lipinski definition) is 6. The number of anilines is 1. The van der Waals surface area contributed by atoms with E-state index < -0.39 is 0 Å². The molecule has 9 heteroatoms. The molecule has 2 aromatic carbocycles. The van der Waals surface area contributed by atoms with Crippen LogP contribution in [0.25, 0.3) is 17.1 Å². The summed E-state index contributed by atoms with van der Waals surface area (Å²) in [5, 5.41) is 15.8. The second kappa shape index (κ2) is 8.62. The number of carbonyl (C=O) groups is 1. The lowest BCUT2D eigenvalue weighted by Gasteiger charge is -2.11. The molecule has 0 radical (unpaired) electrons. The summed E-state index contributed by atoms with van der Waals surface area (Å²) in [6, 6.07) is 19.3. The molecule has 1 amide bonds. The molecule has 0 aliphatic heterocycles. The minimum absolute atomic E-state index is 0.160. The highest BCUT2D eigenvalue weighted by atomic mass is 79.9. The average Bonchev–Trinajstić information content (AvgIpc) is 3.33. The normalized spacial score (nSPS) is 10.8. The largest absolute Gasteiger partial charge is 0.360 e. The molecule has 0 bridgehead atoms. The maximum absolute atomic E-state index is 12.3. The second-order valence-electron chi connectivity index (χ2n) is 6.12. The molecule has 1 N–H and O–H groups in total. The number of amides is 1. The molecule has 2 heterocycles. The fourth-order valence-corrected chi connectivity index (χ4v) is 3.94. The first kappa shape index (κ1) is 19.4. The van der Waals surface area contributed by atoms with E-state index in [1.165, 1.54) is 11.8 Å². The fourth-order valence-electron chi connectivity index (χ4n) is 2.72. The molecule has 0 aliphatic carbocycles. The van der Waals surface area contributed by atoms with Crippen LogP contribution >= 0.6 is 27.7 Å². The van der Waals surface area contributed by atoms with Crippen LogP contribution in [-0.2, 0) is 4.79 Å². The van der Waals surface area contributed by atoms with Gasteiger partial charge in [-0.1, -0.05) is 69.2 Å². The Balaban J connectivity index is 1.62. The molecule has 4 rings (SSSR count). The van der Waals surface area contributed by atoms with Gasteiger partial charge in [0.25, 0.3) is 0 Å². The number of benzene rings is 2. The number of nitrogens with zero attached hydrogens (tertiary/aromatic N) is 4. The Labute approximate surface area is 179 Å². The highest BCUT2D eigenvalue weighted by Crippen LogP contribution is 2.32. The fraction of sp³-hybridized carbons (Fsp3) is 0.100. The van der Waals surface area contributed by atoms with Gasteiger partial charge in [-0.3, -0.25) is 9.36 Å². The first-order valence-electron chi connectivity index (χ1n) is 8.73. The number of carbonyl (C=O) groups excluding carboxylic acids is 1. The lowest BCUT2D eigenvalue weighted by atomic mass is 10.2. The van der Waals surface area contributed by atoms with Crippen molar-refractivity contribution in [1.29, 1.82) is 0 Å². The van der Waals surface area contributed by atoms with E-state index in [-0.39, 0.29) is 11.7 Å². The summed E-state index contributed by atoms with van der Waals surface area (Å²) in [6.45, 7) is 1.77. The van der Waals surface area contributed by atoms with Crippen molar-refractivity contribution in [3.63, 3.8) is 0 Å². The third kappa shape index (κ3) is 4.41. The molecule has 0 spiro atoms. The number of nitrogens with one attached hydrogen (secondary N) is 1. The first-order chi connectivity index (χ1) is 14.1. The van der Waals surface area contributed by atoms with Gasteiger partial charge in [-0.05, 0) is 25.1 Å². The minimum Gasteiger partial charge on any atom is -0.360 e. The predicted molar refractivity (Wildman–Crippen MR) is 115 cm³/mol. The SMILES string of the molecule is Cc1cc(NC(=O)CSc2nnc(-c3ccccc3Br)n2-c2ccccc2)no1. The highest BCUT2D eigenvalue weighted by molar-refractivity contribution is 9.10. The molecule has 0 atom stereocenters. The Morgan fingerprint density at radius 1 is 1.14 bits per heavy atom. The Kier molecular flexibility index (Phi) is 5.77. The number of hydrogen-bond donors (Lipinski definition) is 1. The highest BCUT2D eigenvalue weighted by Gasteiger charge is 2.19. The van der Waals surface area contributed by atoms with Gasteiger partial charge >= 0.3 is 0 Å². The molecule has 0 saturated heterocycles. The van der Waals surface area contributed by atoms with Gasteiger partial charge < -0.3 is 9.84 Å². The molecule has 4 aromatic rings. The summed E-state index contributed by atoms with van der Waals surface area (Å²) in [6.07, 6.45) is 0. The van der Waals surface area contributed by atoms with Gasteiger partial charge in [-0.2, -0.15) is 0 Å². The van der Waals surface area contributed by atoms with Crippen LogP contribution in [0.1, 0.15) is 5.76 Å². The van der Waals surface area contributed by atoms with E-state index in [0.717, 1.165) is 15.7 Å². The summed E-state index contributed by atoms with van der Waals surface area (Å²) < 4.78 is 7.83. The van der Waals surface area contributed by atoms with Crippen LogP contribution < -0.4 is 5.32 Å². The van der Waals surface area contributed by atoms with Gasteiger partial charge in [0.1, 0.15) is 5.76 Å².